The number of halogens is 1. The molecule has 0 bridgehead atoms. The van der Waals surface area contributed by atoms with Crippen LogP contribution in [0.4, 0.5) is 0 Å². The molecule has 138 valence electrons. The van der Waals surface area contributed by atoms with Gasteiger partial charge < -0.3 is 19.9 Å². The molecule has 0 aliphatic carbocycles. The summed E-state index contributed by atoms with van der Waals surface area (Å²) in [4.78, 5) is 10.1. The molecule has 6 heteroatoms. The number of guanidine groups is 1. The molecule has 1 aromatic carbocycles. The monoisotopic (exact) mass is 456 g/mol. The first-order valence-electron chi connectivity index (χ1n) is 8.81. The van der Waals surface area contributed by atoms with E-state index >= 15 is 0 Å². The third-order valence-corrected chi connectivity index (χ3v) is 4.78. The number of aliphatic imine (C=N–C) groups is 1. The fourth-order valence-electron chi connectivity index (χ4n) is 3.55. The molecule has 1 aliphatic rings. The van der Waals surface area contributed by atoms with Crippen LogP contribution in [0.2, 0.25) is 0 Å². The number of rotatable bonds is 6. The number of para-hydroxylation sites is 1. The zero-order chi connectivity index (χ0) is 16.8. The quantitative estimate of drug-likeness (QED) is 0.304. The number of likely N-dealkylation sites (tertiary alicyclic amines) is 1. The van der Waals surface area contributed by atoms with Crippen molar-refractivity contribution in [3.8, 4) is 0 Å². The molecule has 0 spiro atoms. The van der Waals surface area contributed by atoms with Crippen LogP contribution in [0.5, 0.6) is 0 Å². The smallest absolute Gasteiger partial charge is 0.193 e. The van der Waals surface area contributed by atoms with Crippen molar-refractivity contribution < 1.29 is 4.74 Å². The Morgan fingerprint density at radius 2 is 2.24 bits per heavy atom. The van der Waals surface area contributed by atoms with Gasteiger partial charge in [0, 0.05) is 56.8 Å². The molecular formula is C19H29IN4O. The molecule has 1 unspecified atom stereocenters. The third-order valence-electron chi connectivity index (χ3n) is 4.78. The fourth-order valence-corrected chi connectivity index (χ4v) is 3.55. The van der Waals surface area contributed by atoms with Gasteiger partial charge in [0.15, 0.2) is 5.96 Å². The lowest BCUT2D eigenvalue weighted by molar-refractivity contribution is 0.157. The Morgan fingerprint density at radius 1 is 1.40 bits per heavy atom. The third kappa shape index (κ3) is 5.10. The van der Waals surface area contributed by atoms with Gasteiger partial charge in [0.1, 0.15) is 0 Å². The molecular weight excluding hydrogens is 427 g/mol. The van der Waals surface area contributed by atoms with Crippen molar-refractivity contribution in [1.29, 1.82) is 0 Å². The molecule has 3 rings (SSSR count). The minimum atomic E-state index is 0. The number of H-pyrrole nitrogens is 1. The molecule has 1 atom stereocenters. The van der Waals surface area contributed by atoms with E-state index in [-0.39, 0.29) is 24.0 Å². The predicted octanol–water partition coefficient (Wildman–Crippen LogP) is 3.26. The van der Waals surface area contributed by atoms with Crippen LogP contribution in [0.15, 0.2) is 35.5 Å². The summed E-state index contributed by atoms with van der Waals surface area (Å²) in [5.74, 6) is 1.65. The molecule has 1 fully saturated rings. The number of aromatic amines is 1. The number of benzene rings is 1. The number of fused-ring (bicyclic) bond motifs is 1. The Morgan fingerprint density at radius 3 is 3.04 bits per heavy atom. The molecule has 0 amide bonds. The largest absolute Gasteiger partial charge is 0.384 e. The highest BCUT2D eigenvalue weighted by atomic mass is 127. The molecule has 0 saturated carbocycles. The summed E-state index contributed by atoms with van der Waals surface area (Å²) in [6.45, 7) is 3.89. The standard InChI is InChI=1S/C19H28N4O.HI/c1-20-19(23-11-9-15(13-23)14-24-2)21-10-5-6-16-12-22-18-8-4-3-7-17(16)18;/h3-4,7-8,12,15,22H,5-6,9-11,13-14H2,1-2H3,(H,20,21);1H. The summed E-state index contributed by atoms with van der Waals surface area (Å²) in [5, 5.41) is 4.85. The summed E-state index contributed by atoms with van der Waals surface area (Å²) in [6, 6.07) is 8.49. The highest BCUT2D eigenvalue weighted by Crippen LogP contribution is 2.19. The number of nitrogens with one attached hydrogen (secondary N) is 2. The number of hydrogen-bond acceptors (Lipinski definition) is 2. The van der Waals surface area contributed by atoms with Crippen molar-refractivity contribution in [2.75, 3.05) is 40.4 Å². The normalized spacial score (nSPS) is 17.8. The zero-order valence-corrected chi connectivity index (χ0v) is 17.5. The summed E-state index contributed by atoms with van der Waals surface area (Å²) in [7, 11) is 3.64. The molecule has 1 aromatic heterocycles. The van der Waals surface area contributed by atoms with Crippen LogP contribution in [-0.4, -0.2) is 56.2 Å². The maximum absolute atomic E-state index is 5.27. The highest BCUT2D eigenvalue weighted by molar-refractivity contribution is 14.0. The van der Waals surface area contributed by atoms with Gasteiger partial charge >= 0.3 is 0 Å². The van der Waals surface area contributed by atoms with E-state index in [0.29, 0.717) is 5.92 Å². The number of nitrogens with zero attached hydrogens (tertiary/aromatic N) is 2. The average molecular weight is 456 g/mol. The topological polar surface area (TPSA) is 52.7 Å². The lowest BCUT2D eigenvalue weighted by atomic mass is 10.1. The van der Waals surface area contributed by atoms with Gasteiger partial charge in [0.25, 0.3) is 0 Å². The van der Waals surface area contributed by atoms with E-state index in [2.05, 4.69) is 50.7 Å². The molecule has 2 heterocycles. The van der Waals surface area contributed by atoms with Gasteiger partial charge in [0.05, 0.1) is 6.61 Å². The van der Waals surface area contributed by atoms with Gasteiger partial charge in [-0.15, -0.1) is 24.0 Å². The molecule has 1 saturated heterocycles. The number of methoxy groups -OCH3 is 1. The fraction of sp³-hybridized carbons (Fsp3) is 0.526. The first-order valence-corrected chi connectivity index (χ1v) is 8.81. The summed E-state index contributed by atoms with van der Waals surface area (Å²) < 4.78 is 5.27. The van der Waals surface area contributed by atoms with Crippen LogP contribution < -0.4 is 5.32 Å². The van der Waals surface area contributed by atoms with Gasteiger partial charge in [-0.3, -0.25) is 4.99 Å². The van der Waals surface area contributed by atoms with Crippen molar-refractivity contribution in [2.45, 2.75) is 19.3 Å². The van der Waals surface area contributed by atoms with Crippen LogP contribution >= 0.6 is 24.0 Å². The van der Waals surface area contributed by atoms with Crippen molar-refractivity contribution in [3.63, 3.8) is 0 Å². The summed E-state index contributed by atoms with van der Waals surface area (Å²) >= 11 is 0. The Balaban J connectivity index is 0.00000225. The van der Waals surface area contributed by atoms with E-state index in [9.17, 15) is 0 Å². The van der Waals surface area contributed by atoms with Crippen LogP contribution in [0.1, 0.15) is 18.4 Å². The Bertz CT molecular complexity index is 685. The molecule has 2 N–H and O–H groups in total. The average Bonchev–Trinajstić information content (AvgIpc) is 3.23. The molecule has 2 aromatic rings. The first kappa shape index (κ1) is 20.0. The van der Waals surface area contributed by atoms with Crippen molar-refractivity contribution in [3.05, 3.63) is 36.0 Å². The van der Waals surface area contributed by atoms with Crippen LogP contribution in [0, 0.1) is 5.92 Å². The van der Waals surface area contributed by atoms with Crippen molar-refractivity contribution >= 4 is 40.8 Å². The van der Waals surface area contributed by atoms with Gasteiger partial charge in [-0.05, 0) is 30.9 Å². The van der Waals surface area contributed by atoms with E-state index in [1.54, 1.807) is 7.11 Å². The lowest BCUT2D eigenvalue weighted by Crippen LogP contribution is -2.40. The van der Waals surface area contributed by atoms with Gasteiger partial charge in [-0.25, -0.2) is 0 Å². The minimum Gasteiger partial charge on any atom is -0.384 e. The minimum absolute atomic E-state index is 0. The van der Waals surface area contributed by atoms with E-state index in [1.807, 2.05) is 7.05 Å². The highest BCUT2D eigenvalue weighted by Gasteiger charge is 2.24. The van der Waals surface area contributed by atoms with Gasteiger partial charge in [0.2, 0.25) is 0 Å². The van der Waals surface area contributed by atoms with E-state index < -0.39 is 0 Å². The molecule has 5 nitrogen and oxygen atoms in total. The van der Waals surface area contributed by atoms with Crippen molar-refractivity contribution in [1.82, 2.24) is 15.2 Å². The Kier molecular flexibility index (Phi) is 8.02. The Hall–Kier alpha value is -1.28. The number of ether oxygens (including phenoxy) is 1. The SMILES string of the molecule is CN=C(NCCCc1c[nH]c2ccccc12)N1CCC(COC)C1.I. The zero-order valence-electron chi connectivity index (χ0n) is 15.1. The first-order chi connectivity index (χ1) is 11.8. The van der Waals surface area contributed by atoms with Crippen molar-refractivity contribution in [2.24, 2.45) is 10.9 Å². The van der Waals surface area contributed by atoms with E-state index in [0.717, 1.165) is 45.0 Å². The second-order valence-electron chi connectivity index (χ2n) is 6.49. The second kappa shape index (κ2) is 10.0. The summed E-state index contributed by atoms with van der Waals surface area (Å²) in [6.07, 6.45) is 5.48. The van der Waals surface area contributed by atoms with E-state index in [1.165, 1.54) is 22.9 Å². The number of aryl methyl sites for hydroxylation is 1. The lowest BCUT2D eigenvalue weighted by Gasteiger charge is -2.21. The number of aromatic nitrogens is 1. The predicted molar refractivity (Wildman–Crippen MR) is 115 cm³/mol. The van der Waals surface area contributed by atoms with Gasteiger partial charge in [-0.2, -0.15) is 0 Å². The summed E-state index contributed by atoms with van der Waals surface area (Å²) in [5.41, 5.74) is 2.61. The second-order valence-corrected chi connectivity index (χ2v) is 6.49. The van der Waals surface area contributed by atoms with Crippen LogP contribution in [0.25, 0.3) is 10.9 Å². The van der Waals surface area contributed by atoms with E-state index in [4.69, 9.17) is 4.74 Å². The van der Waals surface area contributed by atoms with Crippen LogP contribution in [0.3, 0.4) is 0 Å². The number of hydrogen-bond donors (Lipinski definition) is 2. The molecule has 25 heavy (non-hydrogen) atoms. The molecule has 0 radical (unpaired) electrons. The maximum atomic E-state index is 5.27. The molecule has 1 aliphatic heterocycles. The van der Waals surface area contributed by atoms with Crippen LogP contribution in [-0.2, 0) is 11.2 Å². The maximum Gasteiger partial charge on any atom is 0.193 e. The Labute approximate surface area is 167 Å². The van der Waals surface area contributed by atoms with Gasteiger partial charge in [-0.1, -0.05) is 18.2 Å².